The van der Waals surface area contributed by atoms with Crippen LogP contribution < -0.4 is 0 Å². The fourth-order valence-corrected chi connectivity index (χ4v) is 2.26. The Morgan fingerprint density at radius 2 is 1.60 bits per heavy atom. The predicted molar refractivity (Wildman–Crippen MR) is 105 cm³/mol. The van der Waals surface area contributed by atoms with E-state index in [0.717, 1.165) is 11.9 Å². The first kappa shape index (κ1) is 19.1. The molecule has 1 unspecified atom stereocenters. The van der Waals surface area contributed by atoms with E-state index in [0.29, 0.717) is 0 Å². The van der Waals surface area contributed by atoms with Crippen molar-refractivity contribution in [3.05, 3.63) is 66.4 Å². The number of aryl methyl sites for hydroxylation is 1. The van der Waals surface area contributed by atoms with Crippen molar-refractivity contribution >= 4 is 10.9 Å². The van der Waals surface area contributed by atoms with Crippen LogP contribution in [0.5, 0.6) is 0 Å². The van der Waals surface area contributed by atoms with Gasteiger partial charge in [-0.25, -0.2) is 0 Å². The smallest absolute Gasteiger partial charge is 0.0846 e. The molecule has 25 heavy (non-hydrogen) atoms. The molecular formula is C22H27NO2. The Bertz CT molecular complexity index is 797. The zero-order chi connectivity index (χ0) is 18.4. The Morgan fingerprint density at radius 3 is 2.16 bits per heavy atom. The first-order valence-electron chi connectivity index (χ1n) is 8.66. The number of benzene rings is 2. The van der Waals surface area contributed by atoms with Gasteiger partial charge in [0.15, 0.2) is 0 Å². The maximum Gasteiger partial charge on any atom is 0.0846 e. The van der Waals surface area contributed by atoms with Gasteiger partial charge in [0.2, 0.25) is 0 Å². The molecule has 0 amide bonds. The number of pyridine rings is 1. The molecule has 3 nitrogen and oxygen atoms in total. The Kier molecular flexibility index (Phi) is 6.29. The van der Waals surface area contributed by atoms with Gasteiger partial charge in [-0.2, -0.15) is 0 Å². The fraction of sp³-hybridized carbons (Fsp3) is 0.318. The molecule has 1 heterocycles. The second-order valence-electron chi connectivity index (χ2n) is 6.76. The molecule has 2 N–H and O–H groups in total. The molecule has 0 fully saturated rings. The van der Waals surface area contributed by atoms with Crippen LogP contribution in [0, 0.1) is 0 Å². The van der Waals surface area contributed by atoms with Crippen molar-refractivity contribution in [2.75, 3.05) is 0 Å². The van der Waals surface area contributed by atoms with Crippen molar-refractivity contribution in [1.29, 1.82) is 0 Å². The minimum atomic E-state index is -0.944. The Balaban J connectivity index is 0.000000277. The van der Waals surface area contributed by atoms with Crippen molar-refractivity contribution in [2.24, 2.45) is 0 Å². The fourth-order valence-electron chi connectivity index (χ4n) is 2.26. The number of para-hydroxylation sites is 1. The summed E-state index contributed by atoms with van der Waals surface area (Å²) in [7, 11) is 0. The van der Waals surface area contributed by atoms with Crippen LogP contribution in [0.15, 0.2) is 60.8 Å². The highest BCUT2D eigenvalue weighted by atomic mass is 16.3. The highest BCUT2D eigenvalue weighted by molar-refractivity contribution is 5.93. The number of aromatic nitrogens is 1. The van der Waals surface area contributed by atoms with Crippen LogP contribution in [0.4, 0.5) is 0 Å². The maximum atomic E-state index is 8.84. The molecule has 3 aromatic rings. The highest BCUT2D eigenvalue weighted by Crippen LogP contribution is 2.27. The summed E-state index contributed by atoms with van der Waals surface area (Å²) >= 11 is 0. The van der Waals surface area contributed by atoms with Gasteiger partial charge in [0, 0.05) is 17.1 Å². The molecule has 3 rings (SSSR count). The van der Waals surface area contributed by atoms with Crippen molar-refractivity contribution in [1.82, 2.24) is 4.98 Å². The van der Waals surface area contributed by atoms with E-state index in [4.69, 9.17) is 10.2 Å². The van der Waals surface area contributed by atoms with Crippen LogP contribution in [0.25, 0.3) is 22.0 Å². The van der Waals surface area contributed by atoms with Gasteiger partial charge in [-0.3, -0.25) is 4.98 Å². The van der Waals surface area contributed by atoms with E-state index in [1.807, 2.05) is 12.3 Å². The van der Waals surface area contributed by atoms with Crippen LogP contribution >= 0.6 is 0 Å². The monoisotopic (exact) mass is 337 g/mol. The largest absolute Gasteiger partial charge is 0.390 e. The average molecular weight is 337 g/mol. The van der Waals surface area contributed by atoms with Gasteiger partial charge in [0.05, 0.1) is 17.2 Å². The minimum Gasteiger partial charge on any atom is -0.390 e. The first-order chi connectivity index (χ1) is 11.8. The molecule has 0 spiro atoms. The summed E-state index contributed by atoms with van der Waals surface area (Å²) in [5.74, 6) is 0. The van der Waals surface area contributed by atoms with E-state index in [2.05, 4.69) is 60.4 Å². The quantitative estimate of drug-likeness (QED) is 0.734. The predicted octanol–water partition coefficient (Wildman–Crippen LogP) is 4.60. The average Bonchev–Trinajstić information content (AvgIpc) is 2.61. The van der Waals surface area contributed by atoms with E-state index in [1.165, 1.54) is 22.1 Å². The van der Waals surface area contributed by atoms with Crippen LogP contribution in [-0.4, -0.2) is 26.9 Å². The molecule has 2 aromatic carbocycles. The molecule has 0 aliphatic carbocycles. The highest BCUT2D eigenvalue weighted by Gasteiger charge is 2.18. The standard InChI is InChI=1S/C17H15N.C5H12O2/c1-2-13-8-10-14(11-9-13)16-7-3-5-15-6-4-12-18-17(15)16;1-4(6)5(2,3)7/h3-12H,2H2,1H3;4,6-7H,1-3H3. The van der Waals surface area contributed by atoms with E-state index in [-0.39, 0.29) is 0 Å². The van der Waals surface area contributed by atoms with Crippen molar-refractivity contribution in [2.45, 2.75) is 45.8 Å². The number of hydrogen-bond acceptors (Lipinski definition) is 3. The third-order valence-corrected chi connectivity index (χ3v) is 4.33. The Hall–Kier alpha value is -2.23. The van der Waals surface area contributed by atoms with E-state index in [1.54, 1.807) is 20.8 Å². The van der Waals surface area contributed by atoms with Crippen LogP contribution in [-0.2, 0) is 6.42 Å². The second-order valence-corrected chi connectivity index (χ2v) is 6.76. The molecule has 0 bridgehead atoms. The number of hydrogen-bond donors (Lipinski definition) is 2. The minimum absolute atomic E-state index is 0.646. The molecule has 0 radical (unpaired) electrons. The van der Waals surface area contributed by atoms with E-state index in [9.17, 15) is 0 Å². The van der Waals surface area contributed by atoms with Gasteiger partial charge in [0.1, 0.15) is 0 Å². The van der Waals surface area contributed by atoms with Gasteiger partial charge in [0.25, 0.3) is 0 Å². The van der Waals surface area contributed by atoms with Crippen molar-refractivity contribution in [3.63, 3.8) is 0 Å². The molecule has 0 aliphatic heterocycles. The van der Waals surface area contributed by atoms with Crippen LogP contribution in [0.3, 0.4) is 0 Å². The lowest BCUT2D eigenvalue weighted by Crippen LogP contribution is -2.32. The molecule has 3 heteroatoms. The maximum absolute atomic E-state index is 8.84. The SMILES string of the molecule is CC(O)C(C)(C)O.CCc1ccc(-c2cccc3cccnc23)cc1. The van der Waals surface area contributed by atoms with Gasteiger partial charge < -0.3 is 10.2 Å². The van der Waals surface area contributed by atoms with Gasteiger partial charge in [-0.1, -0.05) is 55.5 Å². The van der Waals surface area contributed by atoms with Crippen molar-refractivity contribution < 1.29 is 10.2 Å². The zero-order valence-electron chi connectivity index (χ0n) is 15.4. The van der Waals surface area contributed by atoms with Gasteiger partial charge in [-0.05, 0) is 44.4 Å². The summed E-state index contributed by atoms with van der Waals surface area (Å²) in [5.41, 5.74) is 3.93. The van der Waals surface area contributed by atoms with Crippen LogP contribution in [0.2, 0.25) is 0 Å². The molecule has 1 atom stereocenters. The molecule has 0 saturated heterocycles. The number of aliphatic hydroxyl groups is 2. The summed E-state index contributed by atoms with van der Waals surface area (Å²) in [6.45, 7) is 6.86. The molecule has 0 aliphatic rings. The molecular weight excluding hydrogens is 310 g/mol. The normalized spacial score (nSPS) is 12.4. The summed E-state index contributed by atoms with van der Waals surface area (Å²) in [4.78, 5) is 4.50. The lowest BCUT2D eigenvalue weighted by atomic mass is 10.0. The summed E-state index contributed by atoms with van der Waals surface area (Å²) in [6, 6.07) is 19.2. The molecule has 132 valence electrons. The number of rotatable bonds is 3. The molecule has 1 aromatic heterocycles. The number of aliphatic hydroxyl groups excluding tert-OH is 1. The van der Waals surface area contributed by atoms with Crippen LogP contribution in [0.1, 0.15) is 33.3 Å². The third kappa shape index (κ3) is 5.12. The Morgan fingerprint density at radius 1 is 1.00 bits per heavy atom. The van der Waals surface area contributed by atoms with Gasteiger partial charge in [-0.15, -0.1) is 0 Å². The summed E-state index contributed by atoms with van der Waals surface area (Å²) in [6.07, 6.45) is 2.29. The summed E-state index contributed by atoms with van der Waals surface area (Å²) in [5, 5.41) is 18.7. The number of fused-ring (bicyclic) bond motifs is 1. The summed E-state index contributed by atoms with van der Waals surface area (Å²) < 4.78 is 0. The second kappa shape index (κ2) is 8.24. The van der Waals surface area contributed by atoms with Gasteiger partial charge >= 0.3 is 0 Å². The third-order valence-electron chi connectivity index (χ3n) is 4.33. The first-order valence-corrected chi connectivity index (χ1v) is 8.66. The zero-order valence-corrected chi connectivity index (χ0v) is 15.4. The van der Waals surface area contributed by atoms with Crippen molar-refractivity contribution in [3.8, 4) is 11.1 Å². The Labute approximate surface area is 150 Å². The topological polar surface area (TPSA) is 53.4 Å². The molecule has 0 saturated carbocycles. The van der Waals surface area contributed by atoms with E-state index >= 15 is 0 Å². The lowest BCUT2D eigenvalue weighted by Gasteiger charge is -2.19. The number of nitrogens with zero attached hydrogens (tertiary/aromatic N) is 1. The lowest BCUT2D eigenvalue weighted by molar-refractivity contribution is -0.0375. The van der Waals surface area contributed by atoms with E-state index < -0.39 is 11.7 Å².